The summed E-state index contributed by atoms with van der Waals surface area (Å²) in [7, 11) is 0. The van der Waals surface area contributed by atoms with Crippen molar-refractivity contribution in [3.05, 3.63) is 64.8 Å². The number of hydrogen-bond donors (Lipinski definition) is 0. The summed E-state index contributed by atoms with van der Waals surface area (Å²) in [6, 6.07) is 12.8. The second-order valence-electron chi connectivity index (χ2n) is 3.22. The van der Waals surface area contributed by atoms with Gasteiger partial charge in [-0.3, -0.25) is 0 Å². The van der Waals surface area contributed by atoms with Crippen LogP contribution in [-0.4, -0.2) is 0 Å². The second kappa shape index (κ2) is 5.01. The Kier molecular flexibility index (Phi) is 3.23. The number of para-hydroxylation sites is 1. The summed E-state index contributed by atoms with van der Waals surface area (Å²) >= 11 is 0. The van der Waals surface area contributed by atoms with Crippen LogP contribution in [0.4, 0.5) is 10.1 Å². The third-order valence-electron chi connectivity index (χ3n) is 2.04. The molecular weight excluding hydrogens is 221 g/mol. The lowest BCUT2D eigenvalue weighted by Crippen LogP contribution is -1.85. The van der Waals surface area contributed by atoms with E-state index < -0.39 is 5.82 Å². The van der Waals surface area contributed by atoms with Gasteiger partial charge in [0.2, 0.25) is 0 Å². The summed E-state index contributed by atoms with van der Waals surface area (Å²) in [5, 5.41) is 3.38. The largest absolute Gasteiger partial charge is 0.457 e. The van der Waals surface area contributed by atoms with Crippen LogP contribution in [0.2, 0.25) is 0 Å². The third-order valence-corrected chi connectivity index (χ3v) is 2.04. The summed E-state index contributed by atoms with van der Waals surface area (Å²) in [6.45, 7) is 0. The molecule has 0 radical (unpaired) electrons. The Balaban J connectivity index is 2.35. The van der Waals surface area contributed by atoms with Gasteiger partial charge in [-0.15, -0.1) is 0 Å². The van der Waals surface area contributed by atoms with Crippen LogP contribution in [0.15, 0.2) is 53.6 Å². The SMILES string of the molecule is [N-]=[N+]=Nc1cc(F)ccc1Oc1ccccc1. The quantitative estimate of drug-likeness (QED) is 0.432. The molecule has 2 aromatic carbocycles. The van der Waals surface area contributed by atoms with Crippen molar-refractivity contribution in [2.45, 2.75) is 0 Å². The molecule has 2 aromatic rings. The standard InChI is InChI=1S/C12H8FN3O/c13-9-6-7-12(11(8-9)15-16-14)17-10-4-2-1-3-5-10/h1-8H. The lowest BCUT2D eigenvalue weighted by Gasteiger charge is -2.07. The van der Waals surface area contributed by atoms with E-state index in [4.69, 9.17) is 10.3 Å². The van der Waals surface area contributed by atoms with E-state index in [1.165, 1.54) is 12.1 Å². The normalized spacial score (nSPS) is 9.47. The Morgan fingerprint density at radius 3 is 2.59 bits per heavy atom. The van der Waals surface area contributed by atoms with E-state index in [0.717, 1.165) is 6.07 Å². The number of azide groups is 1. The predicted molar refractivity (Wildman–Crippen MR) is 61.7 cm³/mol. The van der Waals surface area contributed by atoms with E-state index in [1.807, 2.05) is 18.2 Å². The van der Waals surface area contributed by atoms with Gasteiger partial charge >= 0.3 is 0 Å². The van der Waals surface area contributed by atoms with Crippen molar-refractivity contribution < 1.29 is 9.13 Å². The van der Waals surface area contributed by atoms with Crippen LogP contribution in [0.3, 0.4) is 0 Å². The molecule has 0 atom stereocenters. The zero-order valence-corrected chi connectivity index (χ0v) is 8.75. The summed E-state index contributed by atoms with van der Waals surface area (Å²) in [4.78, 5) is 2.63. The Morgan fingerprint density at radius 2 is 1.88 bits per heavy atom. The van der Waals surface area contributed by atoms with Gasteiger partial charge in [0, 0.05) is 4.91 Å². The zero-order chi connectivity index (χ0) is 12.1. The summed E-state index contributed by atoms with van der Waals surface area (Å²) in [6.07, 6.45) is 0. The molecule has 0 saturated heterocycles. The Hall–Kier alpha value is -2.52. The highest BCUT2D eigenvalue weighted by Gasteiger charge is 2.04. The number of halogens is 1. The van der Waals surface area contributed by atoms with Gasteiger partial charge in [-0.25, -0.2) is 4.39 Å². The van der Waals surface area contributed by atoms with Gasteiger partial charge in [0.05, 0.1) is 5.69 Å². The van der Waals surface area contributed by atoms with Crippen molar-refractivity contribution >= 4 is 5.69 Å². The average Bonchev–Trinajstić information content (AvgIpc) is 2.34. The molecule has 0 heterocycles. The molecule has 0 aliphatic carbocycles. The predicted octanol–water partition coefficient (Wildman–Crippen LogP) is 4.56. The Bertz CT molecular complexity index is 565. The van der Waals surface area contributed by atoms with Gasteiger partial charge in [0.1, 0.15) is 17.3 Å². The first-order valence-electron chi connectivity index (χ1n) is 4.87. The fourth-order valence-electron chi connectivity index (χ4n) is 1.32. The van der Waals surface area contributed by atoms with E-state index >= 15 is 0 Å². The fraction of sp³-hybridized carbons (Fsp3) is 0. The number of nitrogens with zero attached hydrogens (tertiary/aromatic N) is 3. The lowest BCUT2D eigenvalue weighted by atomic mass is 10.3. The second-order valence-corrected chi connectivity index (χ2v) is 3.22. The van der Waals surface area contributed by atoms with Crippen LogP contribution in [-0.2, 0) is 0 Å². The van der Waals surface area contributed by atoms with Crippen LogP contribution in [0.25, 0.3) is 10.4 Å². The zero-order valence-electron chi connectivity index (χ0n) is 8.75. The molecule has 0 aliphatic heterocycles. The first kappa shape index (κ1) is 11.0. The number of ether oxygens (including phenoxy) is 1. The fourth-order valence-corrected chi connectivity index (χ4v) is 1.32. The van der Waals surface area contributed by atoms with Gasteiger partial charge in [-0.1, -0.05) is 23.3 Å². The molecule has 0 bridgehead atoms. The molecule has 0 aliphatic rings. The summed E-state index contributed by atoms with van der Waals surface area (Å²) in [5.41, 5.74) is 8.50. The van der Waals surface area contributed by atoms with Gasteiger partial charge in [0.25, 0.3) is 0 Å². The molecule has 84 valence electrons. The van der Waals surface area contributed by atoms with Crippen molar-refractivity contribution in [1.82, 2.24) is 0 Å². The molecule has 0 spiro atoms. The number of hydrogen-bond acceptors (Lipinski definition) is 2. The van der Waals surface area contributed by atoms with Crippen molar-refractivity contribution in [2.24, 2.45) is 5.11 Å². The van der Waals surface area contributed by atoms with Crippen LogP contribution in [0.1, 0.15) is 0 Å². The third kappa shape index (κ3) is 2.74. The van der Waals surface area contributed by atoms with Crippen molar-refractivity contribution in [3.63, 3.8) is 0 Å². The lowest BCUT2D eigenvalue weighted by molar-refractivity contribution is 0.482. The summed E-state index contributed by atoms with van der Waals surface area (Å²) < 4.78 is 18.5. The molecule has 5 heteroatoms. The van der Waals surface area contributed by atoms with Crippen LogP contribution in [0, 0.1) is 5.82 Å². The topological polar surface area (TPSA) is 58.0 Å². The van der Waals surface area contributed by atoms with E-state index in [2.05, 4.69) is 10.0 Å². The highest BCUT2D eigenvalue weighted by Crippen LogP contribution is 2.32. The molecule has 0 saturated carbocycles. The highest BCUT2D eigenvalue weighted by molar-refractivity contribution is 5.53. The van der Waals surface area contributed by atoms with E-state index in [-0.39, 0.29) is 5.69 Å². The monoisotopic (exact) mass is 229 g/mol. The Morgan fingerprint density at radius 1 is 1.12 bits per heavy atom. The minimum Gasteiger partial charge on any atom is -0.457 e. The van der Waals surface area contributed by atoms with Gasteiger partial charge in [0.15, 0.2) is 0 Å². The molecular formula is C12H8FN3O. The van der Waals surface area contributed by atoms with Crippen LogP contribution < -0.4 is 4.74 Å². The Labute approximate surface area is 96.9 Å². The maximum absolute atomic E-state index is 13.0. The van der Waals surface area contributed by atoms with Crippen molar-refractivity contribution in [1.29, 1.82) is 0 Å². The van der Waals surface area contributed by atoms with Gasteiger partial charge in [-0.2, -0.15) is 0 Å². The molecule has 0 N–H and O–H groups in total. The van der Waals surface area contributed by atoms with E-state index in [9.17, 15) is 4.39 Å². The molecule has 2 rings (SSSR count). The van der Waals surface area contributed by atoms with Gasteiger partial charge < -0.3 is 4.74 Å². The molecule has 17 heavy (non-hydrogen) atoms. The molecule has 0 amide bonds. The van der Waals surface area contributed by atoms with E-state index in [0.29, 0.717) is 11.5 Å². The molecule has 0 aromatic heterocycles. The maximum atomic E-state index is 13.0. The summed E-state index contributed by atoms with van der Waals surface area (Å²) in [5.74, 6) is 0.428. The first-order valence-corrected chi connectivity index (χ1v) is 4.87. The first-order chi connectivity index (χ1) is 8.29. The smallest absolute Gasteiger partial charge is 0.137 e. The van der Waals surface area contributed by atoms with Crippen LogP contribution >= 0.6 is 0 Å². The van der Waals surface area contributed by atoms with Gasteiger partial charge in [-0.05, 0) is 35.9 Å². The minimum atomic E-state index is -0.479. The number of benzene rings is 2. The average molecular weight is 229 g/mol. The molecule has 0 unspecified atom stereocenters. The molecule has 4 nitrogen and oxygen atoms in total. The molecule has 0 fully saturated rings. The van der Waals surface area contributed by atoms with Crippen molar-refractivity contribution in [2.75, 3.05) is 0 Å². The van der Waals surface area contributed by atoms with E-state index in [1.54, 1.807) is 12.1 Å². The maximum Gasteiger partial charge on any atom is 0.137 e. The minimum absolute atomic E-state index is 0.122. The van der Waals surface area contributed by atoms with Crippen LogP contribution in [0.5, 0.6) is 11.5 Å². The van der Waals surface area contributed by atoms with Crippen molar-refractivity contribution in [3.8, 4) is 11.5 Å². The highest BCUT2D eigenvalue weighted by atomic mass is 19.1. The number of rotatable bonds is 3.